The number of benzene rings is 1. The standard InChI is InChI=1S/C31H47BN3O9S5/c1-21(37)46-20-27(47-45-5)44-28-24(17-36)43-29(28)32-10-7-12-34-25(38)18-40-14-15-41-26(48-49-31(2,3)4)19-42-23-9-6-8-22(16-23)30(39)35-13-11-33/h6,8-9,16,24,26-29,36H,11-15,17-20,33H2,1-5H3,(H,34,38)(H,35,39)/t24?,26?,27-,28?,29?/m1/s1. The Morgan fingerprint density at radius 2 is 1.96 bits per heavy atom. The van der Waals surface area contributed by atoms with Crippen molar-refractivity contribution in [3.05, 3.63) is 29.8 Å². The maximum Gasteiger partial charge on any atom is 0.255 e. The summed E-state index contributed by atoms with van der Waals surface area (Å²) in [7, 11) is 7.90. The minimum atomic E-state index is -0.465. The molecule has 1 radical (unpaired) electrons. The summed E-state index contributed by atoms with van der Waals surface area (Å²) >= 11 is 1.19. The molecule has 0 aromatic heterocycles. The van der Waals surface area contributed by atoms with Crippen molar-refractivity contribution in [2.75, 3.05) is 64.7 Å². The van der Waals surface area contributed by atoms with Crippen LogP contribution in [0.1, 0.15) is 38.1 Å². The Hall–Kier alpha value is -1.24. The highest BCUT2D eigenvalue weighted by Gasteiger charge is 2.44. The van der Waals surface area contributed by atoms with Crippen LogP contribution in [0.4, 0.5) is 0 Å². The average molecular weight is 777 g/mol. The number of hydrogen-bond acceptors (Lipinski definition) is 15. The number of carbonyl (C=O) groups excluding carboxylic acids is 3. The minimum absolute atomic E-state index is 0.00294. The molecule has 1 fully saturated rings. The zero-order valence-corrected chi connectivity index (χ0v) is 32.6. The van der Waals surface area contributed by atoms with Crippen molar-refractivity contribution in [2.24, 2.45) is 5.73 Å². The van der Waals surface area contributed by atoms with E-state index in [2.05, 4.69) is 43.1 Å². The van der Waals surface area contributed by atoms with Crippen molar-refractivity contribution in [1.82, 2.24) is 10.6 Å². The van der Waals surface area contributed by atoms with Crippen LogP contribution in [0.15, 0.2) is 24.3 Å². The fourth-order valence-corrected chi connectivity index (χ4v) is 8.49. The zero-order chi connectivity index (χ0) is 36.1. The van der Waals surface area contributed by atoms with E-state index in [9.17, 15) is 19.5 Å². The maximum absolute atomic E-state index is 12.3. The average Bonchev–Trinajstić information content (AvgIpc) is 3.06. The Kier molecular flexibility index (Phi) is 22.3. The van der Waals surface area contributed by atoms with Gasteiger partial charge in [-0.05, 0) is 24.5 Å². The van der Waals surface area contributed by atoms with Crippen molar-refractivity contribution in [1.29, 1.82) is 0 Å². The van der Waals surface area contributed by atoms with E-state index >= 15 is 0 Å². The second-order valence-electron chi connectivity index (χ2n) is 11.2. The van der Waals surface area contributed by atoms with Gasteiger partial charge in [0.2, 0.25) is 5.91 Å². The Morgan fingerprint density at radius 1 is 1.16 bits per heavy atom. The van der Waals surface area contributed by atoms with E-state index in [0.717, 1.165) is 0 Å². The highest BCUT2D eigenvalue weighted by Crippen LogP contribution is 2.38. The van der Waals surface area contributed by atoms with Gasteiger partial charge in [0.05, 0.1) is 32.4 Å². The fraction of sp³-hybridized carbons (Fsp3) is 0.645. The third-order valence-electron chi connectivity index (χ3n) is 5.94. The SMILES string of the molecule is CSS[C@H](CSC(C)=O)OC1C([B]C#CCNC(=O)COCCOC(COc2cccc(C(=O)NCCN)c2)SSC(C)(C)C)OC1CO. The van der Waals surface area contributed by atoms with Gasteiger partial charge in [-0.15, -0.1) is 0 Å². The molecule has 49 heavy (non-hydrogen) atoms. The predicted octanol–water partition coefficient (Wildman–Crippen LogP) is 2.79. The van der Waals surface area contributed by atoms with Crippen LogP contribution in [0.3, 0.4) is 0 Å². The molecule has 1 aromatic carbocycles. The van der Waals surface area contributed by atoms with E-state index in [-0.39, 0.29) is 78.2 Å². The number of nitrogens with two attached hydrogens (primary N) is 1. The number of thioether (sulfide) groups is 1. The summed E-state index contributed by atoms with van der Waals surface area (Å²) in [4.78, 5) is 35.8. The van der Waals surface area contributed by atoms with Crippen molar-refractivity contribution >= 4 is 79.1 Å². The monoisotopic (exact) mass is 776 g/mol. The van der Waals surface area contributed by atoms with Gasteiger partial charge in [-0.25, -0.2) is 0 Å². The lowest BCUT2D eigenvalue weighted by atomic mass is 9.66. The van der Waals surface area contributed by atoms with Gasteiger partial charge < -0.3 is 45.2 Å². The first kappa shape index (κ1) is 43.9. The van der Waals surface area contributed by atoms with Gasteiger partial charge in [0.25, 0.3) is 13.2 Å². The molecular formula is C31H47BN3O9S5. The Morgan fingerprint density at radius 3 is 2.65 bits per heavy atom. The quantitative estimate of drug-likeness (QED) is 0.0421. The van der Waals surface area contributed by atoms with Crippen LogP contribution in [0.2, 0.25) is 0 Å². The summed E-state index contributed by atoms with van der Waals surface area (Å²) in [6, 6.07) is 6.49. The molecule has 2 rings (SSSR count). The van der Waals surface area contributed by atoms with Crippen molar-refractivity contribution in [3.63, 3.8) is 0 Å². The van der Waals surface area contributed by atoms with Gasteiger partial charge in [-0.3, -0.25) is 14.4 Å². The lowest BCUT2D eigenvalue weighted by Crippen LogP contribution is -2.60. The van der Waals surface area contributed by atoms with Crippen LogP contribution in [0.5, 0.6) is 5.75 Å². The number of hydrogen-bond donors (Lipinski definition) is 4. The van der Waals surface area contributed by atoms with Crippen LogP contribution in [0.25, 0.3) is 0 Å². The molecule has 18 heteroatoms. The molecule has 0 bridgehead atoms. The molecule has 12 nitrogen and oxygen atoms in total. The number of amides is 2. The molecule has 1 heterocycles. The predicted molar refractivity (Wildman–Crippen MR) is 204 cm³/mol. The lowest BCUT2D eigenvalue weighted by molar-refractivity contribution is -0.222. The molecule has 273 valence electrons. The zero-order valence-electron chi connectivity index (χ0n) is 28.5. The van der Waals surface area contributed by atoms with E-state index in [0.29, 0.717) is 30.2 Å². The molecule has 0 spiro atoms. The van der Waals surface area contributed by atoms with Crippen LogP contribution in [-0.2, 0) is 28.5 Å². The van der Waals surface area contributed by atoms with Gasteiger partial charge >= 0.3 is 0 Å². The summed E-state index contributed by atoms with van der Waals surface area (Å²) in [6.45, 7) is 9.06. The van der Waals surface area contributed by atoms with Crippen LogP contribution < -0.4 is 21.1 Å². The third kappa shape index (κ3) is 19.3. The number of nitrogens with one attached hydrogen (secondary N) is 2. The summed E-state index contributed by atoms with van der Waals surface area (Å²) in [5.41, 5.74) is 5.38. The topological polar surface area (TPSA) is 168 Å². The largest absolute Gasteiger partial charge is 0.490 e. The minimum Gasteiger partial charge on any atom is -0.490 e. The molecule has 5 atom stereocenters. The van der Waals surface area contributed by atoms with Gasteiger partial charge in [-0.2, -0.15) is 5.82 Å². The molecule has 1 aromatic rings. The van der Waals surface area contributed by atoms with Crippen molar-refractivity contribution < 1.29 is 43.2 Å². The molecule has 5 N–H and O–H groups in total. The molecular weight excluding hydrogens is 730 g/mol. The number of ether oxygens (including phenoxy) is 5. The number of rotatable bonds is 23. The molecule has 1 saturated heterocycles. The van der Waals surface area contributed by atoms with E-state index in [1.807, 2.05) is 6.26 Å². The van der Waals surface area contributed by atoms with E-state index < -0.39 is 12.1 Å². The van der Waals surface area contributed by atoms with Crippen molar-refractivity contribution in [3.8, 4) is 17.5 Å². The van der Waals surface area contributed by atoms with Crippen LogP contribution >= 0.6 is 54.9 Å². The second-order valence-corrected chi connectivity index (χ2v) is 18.2. The highest BCUT2D eigenvalue weighted by molar-refractivity contribution is 8.77. The van der Waals surface area contributed by atoms with Crippen LogP contribution in [0, 0.1) is 11.7 Å². The first-order valence-corrected chi connectivity index (χ1v) is 21.4. The fourth-order valence-electron chi connectivity index (χ4n) is 3.75. The summed E-state index contributed by atoms with van der Waals surface area (Å²) in [6.07, 6.45) is 1.08. The Balaban J connectivity index is 1.71. The highest BCUT2D eigenvalue weighted by atomic mass is 33.1. The molecule has 0 saturated carbocycles. The molecule has 1 aliphatic rings. The van der Waals surface area contributed by atoms with Gasteiger partial charge in [0, 0.05) is 36.1 Å². The Labute approximate surface area is 310 Å². The van der Waals surface area contributed by atoms with Crippen LogP contribution in [-0.4, -0.2) is 128 Å². The first-order valence-electron chi connectivity index (χ1n) is 15.5. The smallest absolute Gasteiger partial charge is 0.255 e. The second kappa shape index (κ2) is 24.9. The number of aliphatic hydroxyl groups excluding tert-OH is 1. The normalized spacial score (nSPS) is 18.3. The Bertz CT molecular complexity index is 1220. The molecule has 1 aliphatic heterocycles. The lowest BCUT2D eigenvalue weighted by Gasteiger charge is -2.44. The van der Waals surface area contributed by atoms with E-state index in [1.54, 1.807) is 53.1 Å². The van der Waals surface area contributed by atoms with Gasteiger partial charge in [0.15, 0.2) is 5.12 Å². The van der Waals surface area contributed by atoms with E-state index in [4.69, 9.17) is 29.4 Å². The summed E-state index contributed by atoms with van der Waals surface area (Å²) in [5, 5.41) is 15.0. The maximum atomic E-state index is 12.3. The molecule has 2 amide bonds. The van der Waals surface area contributed by atoms with E-state index in [1.165, 1.54) is 40.3 Å². The number of carbonyl (C=O) groups is 3. The first-order chi connectivity index (χ1) is 23.4. The van der Waals surface area contributed by atoms with Gasteiger partial charge in [-0.1, -0.05) is 87.7 Å². The summed E-state index contributed by atoms with van der Waals surface area (Å²) in [5.74, 6) is 6.24. The molecule has 0 aliphatic carbocycles. The number of aliphatic hydroxyl groups is 1. The third-order valence-corrected chi connectivity index (χ3v) is 12.5. The summed E-state index contributed by atoms with van der Waals surface area (Å²) < 4.78 is 29.2. The molecule has 4 unspecified atom stereocenters. The van der Waals surface area contributed by atoms with Gasteiger partial charge in [0.1, 0.15) is 42.0 Å². The van der Waals surface area contributed by atoms with Crippen molar-refractivity contribution in [2.45, 2.75) is 61.5 Å².